The first-order chi connectivity index (χ1) is 18.3. The summed E-state index contributed by atoms with van der Waals surface area (Å²) >= 11 is 0. The van der Waals surface area contributed by atoms with Crippen LogP contribution < -0.4 is 0 Å². The van der Waals surface area contributed by atoms with Crippen LogP contribution in [0.4, 0.5) is 0 Å². The van der Waals surface area contributed by atoms with Gasteiger partial charge in [0.1, 0.15) is 5.54 Å². The van der Waals surface area contributed by atoms with Gasteiger partial charge in [0.15, 0.2) is 0 Å². The number of benzene rings is 4. The highest BCUT2D eigenvalue weighted by atomic mass is 15.2. The van der Waals surface area contributed by atoms with Crippen molar-refractivity contribution in [1.82, 2.24) is 4.90 Å². The van der Waals surface area contributed by atoms with Gasteiger partial charge in [0.2, 0.25) is 0 Å². The standard InChI is InChI=1S/C37H37N/c1-22-14-15-26-20-31-34-33-30(37(31)21-23(2)18-24(3)38(37)27-11-7-6-8-12-27)17-16-25-10-9-13-29(32(25)33)36(4,5)35(34)28(26)19-22/h9-10,13-21,27H,6-8,11-12H2,1-5H3. The molecule has 1 aliphatic heterocycles. The van der Waals surface area contributed by atoms with E-state index in [2.05, 4.69) is 106 Å². The van der Waals surface area contributed by atoms with Crippen molar-refractivity contribution in [3.05, 3.63) is 106 Å². The molecule has 1 heteroatoms. The van der Waals surface area contributed by atoms with Gasteiger partial charge in [-0.1, -0.05) is 92.8 Å². The van der Waals surface area contributed by atoms with E-state index in [9.17, 15) is 0 Å². The van der Waals surface area contributed by atoms with Crippen molar-refractivity contribution in [2.45, 2.75) is 83.7 Å². The largest absolute Gasteiger partial charge is 0.355 e. The van der Waals surface area contributed by atoms with Gasteiger partial charge in [-0.15, -0.1) is 0 Å². The van der Waals surface area contributed by atoms with E-state index in [0.29, 0.717) is 6.04 Å². The number of allylic oxidation sites excluding steroid dienone is 3. The van der Waals surface area contributed by atoms with E-state index in [1.807, 2.05) is 0 Å². The quantitative estimate of drug-likeness (QED) is 0.254. The first-order valence-corrected chi connectivity index (χ1v) is 14.6. The van der Waals surface area contributed by atoms with Gasteiger partial charge in [0.05, 0.1) is 0 Å². The summed E-state index contributed by atoms with van der Waals surface area (Å²) in [6.07, 6.45) is 11.7. The summed E-state index contributed by atoms with van der Waals surface area (Å²) in [5, 5.41) is 5.66. The fourth-order valence-electron chi connectivity index (χ4n) is 8.92. The monoisotopic (exact) mass is 495 g/mol. The molecule has 1 saturated carbocycles. The van der Waals surface area contributed by atoms with Crippen molar-refractivity contribution in [3.8, 4) is 11.1 Å². The van der Waals surface area contributed by atoms with E-state index in [-0.39, 0.29) is 11.0 Å². The minimum absolute atomic E-state index is 0.0813. The molecule has 3 aliphatic carbocycles. The first-order valence-electron chi connectivity index (χ1n) is 14.6. The maximum Gasteiger partial charge on any atom is 0.111 e. The van der Waals surface area contributed by atoms with E-state index in [1.165, 1.54) is 104 Å². The van der Waals surface area contributed by atoms with Crippen molar-refractivity contribution in [3.63, 3.8) is 0 Å². The van der Waals surface area contributed by atoms with Crippen molar-refractivity contribution in [1.29, 1.82) is 0 Å². The van der Waals surface area contributed by atoms with Crippen molar-refractivity contribution in [2.75, 3.05) is 0 Å². The molecule has 4 aromatic rings. The summed E-state index contributed by atoms with van der Waals surface area (Å²) in [6.45, 7) is 11.8. The number of hydrogen-bond donors (Lipinski definition) is 0. The van der Waals surface area contributed by atoms with Gasteiger partial charge in [0.25, 0.3) is 0 Å². The lowest BCUT2D eigenvalue weighted by Gasteiger charge is -2.51. The second-order valence-electron chi connectivity index (χ2n) is 13.0. The summed E-state index contributed by atoms with van der Waals surface area (Å²) in [6, 6.07) is 22.1. The molecule has 190 valence electrons. The predicted molar refractivity (Wildman–Crippen MR) is 161 cm³/mol. The van der Waals surface area contributed by atoms with Crippen LogP contribution in [0.2, 0.25) is 0 Å². The fraction of sp³-hybridized carbons (Fsp3) is 0.351. The Balaban J connectivity index is 1.60. The molecule has 0 amide bonds. The zero-order chi connectivity index (χ0) is 26.0. The van der Waals surface area contributed by atoms with Crippen LogP contribution in [-0.4, -0.2) is 10.9 Å². The lowest BCUT2D eigenvalue weighted by molar-refractivity contribution is 0.119. The van der Waals surface area contributed by atoms with Crippen LogP contribution in [0.15, 0.2) is 78.0 Å². The lowest BCUT2D eigenvalue weighted by Crippen LogP contribution is -2.51. The zero-order valence-electron chi connectivity index (χ0n) is 23.4. The molecular weight excluding hydrogens is 458 g/mol. The third-order valence-corrected chi connectivity index (χ3v) is 10.3. The minimum Gasteiger partial charge on any atom is -0.355 e. The van der Waals surface area contributed by atoms with Gasteiger partial charge >= 0.3 is 0 Å². The Morgan fingerprint density at radius 2 is 1.55 bits per heavy atom. The smallest absolute Gasteiger partial charge is 0.111 e. The number of rotatable bonds is 1. The molecule has 4 aromatic carbocycles. The van der Waals surface area contributed by atoms with Crippen LogP contribution in [-0.2, 0) is 11.0 Å². The highest BCUT2D eigenvalue weighted by Crippen LogP contribution is 2.64. The molecule has 0 aromatic heterocycles. The van der Waals surface area contributed by atoms with Gasteiger partial charge in [0, 0.05) is 17.2 Å². The Morgan fingerprint density at radius 1 is 0.763 bits per heavy atom. The Hall–Kier alpha value is -3.32. The summed E-state index contributed by atoms with van der Waals surface area (Å²) in [5.74, 6) is 0. The van der Waals surface area contributed by atoms with Crippen LogP contribution in [0.25, 0.3) is 32.7 Å². The van der Waals surface area contributed by atoms with Crippen LogP contribution in [0.5, 0.6) is 0 Å². The van der Waals surface area contributed by atoms with Gasteiger partial charge in [-0.25, -0.2) is 0 Å². The Morgan fingerprint density at radius 3 is 2.37 bits per heavy atom. The molecule has 0 saturated heterocycles. The second-order valence-corrected chi connectivity index (χ2v) is 13.0. The van der Waals surface area contributed by atoms with Crippen molar-refractivity contribution >= 4 is 21.5 Å². The molecule has 1 spiro atoms. The molecule has 4 aliphatic rings. The number of fused-ring (bicyclic) bond motifs is 4. The van der Waals surface area contributed by atoms with Gasteiger partial charge in [-0.05, 0) is 107 Å². The van der Waals surface area contributed by atoms with Gasteiger partial charge in [-0.3, -0.25) is 0 Å². The summed E-state index contributed by atoms with van der Waals surface area (Å²) in [4.78, 5) is 2.86. The maximum absolute atomic E-state index is 2.86. The SMILES string of the molecule is CC1=CC2(c3cc4ccc(C)cc4c4c3-c3c2ccc2cccc(c32)C4(C)C)N(C2CCCCC2)C(C)=C1. The first kappa shape index (κ1) is 22.6. The Kier molecular flexibility index (Phi) is 4.41. The van der Waals surface area contributed by atoms with Crippen molar-refractivity contribution < 1.29 is 0 Å². The third-order valence-electron chi connectivity index (χ3n) is 10.3. The fourth-order valence-corrected chi connectivity index (χ4v) is 8.92. The van der Waals surface area contributed by atoms with Gasteiger partial charge in [-0.2, -0.15) is 0 Å². The van der Waals surface area contributed by atoms with Crippen molar-refractivity contribution in [2.24, 2.45) is 0 Å². The average Bonchev–Trinajstić information content (AvgIpc) is 3.15. The maximum atomic E-state index is 2.86. The van der Waals surface area contributed by atoms with Crippen LogP contribution >= 0.6 is 0 Å². The summed E-state index contributed by atoms with van der Waals surface area (Å²) in [5.41, 5.74) is 12.8. The molecule has 1 nitrogen and oxygen atoms in total. The second kappa shape index (κ2) is 7.41. The predicted octanol–water partition coefficient (Wildman–Crippen LogP) is 9.66. The molecular formula is C37H37N. The molecule has 0 bridgehead atoms. The highest BCUT2D eigenvalue weighted by Gasteiger charge is 2.53. The number of nitrogens with zero attached hydrogens (tertiary/aromatic N) is 1. The minimum atomic E-state index is -0.259. The zero-order valence-corrected chi connectivity index (χ0v) is 23.4. The lowest BCUT2D eigenvalue weighted by atomic mass is 9.67. The Labute approximate surface area is 226 Å². The molecule has 8 rings (SSSR count). The molecule has 38 heavy (non-hydrogen) atoms. The van der Waals surface area contributed by atoms with E-state index in [0.717, 1.165) is 0 Å². The molecule has 1 fully saturated rings. The molecule has 0 radical (unpaired) electrons. The highest BCUT2D eigenvalue weighted by molar-refractivity contribution is 6.12. The van der Waals surface area contributed by atoms with E-state index >= 15 is 0 Å². The van der Waals surface area contributed by atoms with E-state index in [4.69, 9.17) is 0 Å². The Bertz CT molecular complexity index is 1760. The van der Waals surface area contributed by atoms with E-state index in [1.54, 1.807) is 0 Å². The molecule has 0 N–H and O–H groups in total. The summed E-state index contributed by atoms with van der Waals surface area (Å²) in [7, 11) is 0. The molecule has 1 unspecified atom stereocenters. The molecule has 1 atom stereocenters. The normalized spacial score (nSPS) is 23.3. The molecule has 1 heterocycles. The third kappa shape index (κ3) is 2.63. The summed E-state index contributed by atoms with van der Waals surface area (Å²) < 4.78 is 0. The van der Waals surface area contributed by atoms with Gasteiger partial charge < -0.3 is 4.90 Å². The topological polar surface area (TPSA) is 3.24 Å². The van der Waals surface area contributed by atoms with Crippen LogP contribution in [0.3, 0.4) is 0 Å². The van der Waals surface area contributed by atoms with E-state index < -0.39 is 0 Å². The average molecular weight is 496 g/mol. The number of hydrogen-bond acceptors (Lipinski definition) is 1. The van der Waals surface area contributed by atoms with Crippen LogP contribution in [0.1, 0.15) is 87.6 Å². The van der Waals surface area contributed by atoms with Crippen LogP contribution in [0, 0.1) is 6.92 Å². The number of aryl methyl sites for hydroxylation is 1.